The zero-order valence-corrected chi connectivity index (χ0v) is 21.5. The van der Waals surface area contributed by atoms with E-state index >= 15 is 0 Å². The number of fused-ring (bicyclic) bond motifs is 3. The average molecular weight is 494 g/mol. The highest BCUT2D eigenvalue weighted by atomic mass is 19.1. The molecule has 3 atom stereocenters. The van der Waals surface area contributed by atoms with Gasteiger partial charge >= 0.3 is 0 Å². The monoisotopic (exact) mass is 493 g/mol. The second-order valence-corrected chi connectivity index (χ2v) is 10.8. The number of pyridine rings is 1. The SMILES string of the molecule is CCC[C@H]1C(=O)CC[C@@]2(C)c3nc(-c4cccc(-c5ccncc5)c4)n(-c4cccc(F)c4)c3CC[C@H]12. The zero-order valence-electron chi connectivity index (χ0n) is 21.5. The third kappa shape index (κ3) is 4.01. The number of carbonyl (C=O) groups excluding carboxylic acids is 1. The molecule has 188 valence electrons. The number of carbonyl (C=O) groups is 1. The van der Waals surface area contributed by atoms with E-state index in [2.05, 4.69) is 47.7 Å². The lowest BCUT2D eigenvalue weighted by atomic mass is 9.56. The smallest absolute Gasteiger partial charge is 0.145 e. The summed E-state index contributed by atoms with van der Waals surface area (Å²) >= 11 is 0. The third-order valence-electron chi connectivity index (χ3n) is 8.61. The van der Waals surface area contributed by atoms with Gasteiger partial charge in [0.25, 0.3) is 0 Å². The Morgan fingerprint density at radius 3 is 2.57 bits per heavy atom. The lowest BCUT2D eigenvalue weighted by Crippen LogP contribution is -2.48. The van der Waals surface area contributed by atoms with Crippen molar-refractivity contribution in [3.05, 3.63) is 90.3 Å². The second kappa shape index (κ2) is 9.37. The van der Waals surface area contributed by atoms with E-state index < -0.39 is 0 Å². The number of hydrogen-bond donors (Lipinski definition) is 0. The minimum Gasteiger partial charge on any atom is -0.299 e. The van der Waals surface area contributed by atoms with E-state index in [-0.39, 0.29) is 17.2 Å². The van der Waals surface area contributed by atoms with Crippen molar-refractivity contribution in [3.8, 4) is 28.2 Å². The maximum atomic E-state index is 14.5. The van der Waals surface area contributed by atoms with Crippen LogP contribution in [0, 0.1) is 17.7 Å². The van der Waals surface area contributed by atoms with Gasteiger partial charge in [-0.3, -0.25) is 14.3 Å². The summed E-state index contributed by atoms with van der Waals surface area (Å²) in [6.07, 6.45) is 8.77. The predicted molar refractivity (Wildman–Crippen MR) is 144 cm³/mol. The fraction of sp³-hybridized carbons (Fsp3) is 0.344. The van der Waals surface area contributed by atoms with Gasteiger partial charge < -0.3 is 0 Å². The van der Waals surface area contributed by atoms with Crippen LogP contribution in [0.1, 0.15) is 57.3 Å². The van der Waals surface area contributed by atoms with Crippen molar-refractivity contribution >= 4 is 5.78 Å². The van der Waals surface area contributed by atoms with Crippen molar-refractivity contribution in [2.75, 3.05) is 0 Å². The van der Waals surface area contributed by atoms with Gasteiger partial charge in [-0.15, -0.1) is 0 Å². The Hall–Kier alpha value is -3.60. The van der Waals surface area contributed by atoms with Gasteiger partial charge in [0.2, 0.25) is 0 Å². The van der Waals surface area contributed by atoms with Crippen LogP contribution in [0.2, 0.25) is 0 Å². The zero-order chi connectivity index (χ0) is 25.6. The number of benzene rings is 2. The molecule has 4 nitrogen and oxygen atoms in total. The maximum Gasteiger partial charge on any atom is 0.145 e. The first-order chi connectivity index (χ1) is 18.0. The lowest BCUT2D eigenvalue weighted by Gasteiger charge is -2.47. The molecule has 2 aliphatic rings. The standard InChI is InChI=1S/C32H32FN3O/c1-3-6-26-27-11-12-28-30(32(27,2)16-13-29(26)37)35-31(36(28)25-10-5-9-24(33)20-25)23-8-4-7-22(19-23)21-14-17-34-18-15-21/h4-5,7-10,14-15,17-20,26-27H,3,6,11-13,16H2,1-2H3/t26-,27-,32-/m1/s1. The van der Waals surface area contributed by atoms with Gasteiger partial charge in [-0.1, -0.05) is 44.5 Å². The second-order valence-electron chi connectivity index (χ2n) is 10.8. The van der Waals surface area contributed by atoms with Crippen LogP contribution < -0.4 is 0 Å². The molecule has 0 spiro atoms. The summed E-state index contributed by atoms with van der Waals surface area (Å²) in [5.41, 5.74) is 6.02. The number of halogens is 1. The van der Waals surface area contributed by atoms with E-state index in [0.29, 0.717) is 18.1 Å². The summed E-state index contributed by atoms with van der Waals surface area (Å²) in [6.45, 7) is 4.48. The van der Waals surface area contributed by atoms with E-state index in [0.717, 1.165) is 71.7 Å². The van der Waals surface area contributed by atoms with Crippen LogP contribution in [0.4, 0.5) is 4.39 Å². The van der Waals surface area contributed by atoms with Gasteiger partial charge in [-0.25, -0.2) is 9.37 Å². The van der Waals surface area contributed by atoms with Crippen molar-refractivity contribution < 1.29 is 9.18 Å². The molecule has 0 radical (unpaired) electrons. The minimum absolute atomic E-state index is 0.106. The molecule has 5 heteroatoms. The number of ketones is 1. The van der Waals surface area contributed by atoms with Crippen molar-refractivity contribution in [2.45, 2.75) is 57.8 Å². The molecule has 0 bridgehead atoms. The van der Waals surface area contributed by atoms with Crippen LogP contribution in [0.25, 0.3) is 28.2 Å². The Morgan fingerprint density at radius 1 is 1.00 bits per heavy atom. The Balaban J connectivity index is 1.55. The summed E-state index contributed by atoms with van der Waals surface area (Å²) in [7, 11) is 0. The Labute approximate surface area is 217 Å². The minimum atomic E-state index is -0.261. The van der Waals surface area contributed by atoms with Crippen LogP contribution in [0.3, 0.4) is 0 Å². The van der Waals surface area contributed by atoms with E-state index in [9.17, 15) is 9.18 Å². The van der Waals surface area contributed by atoms with Crippen molar-refractivity contribution in [1.82, 2.24) is 14.5 Å². The first-order valence-electron chi connectivity index (χ1n) is 13.4. The molecule has 6 rings (SSSR count). The summed E-state index contributed by atoms with van der Waals surface area (Å²) in [5, 5.41) is 0. The molecule has 2 aromatic heterocycles. The van der Waals surface area contributed by atoms with E-state index in [4.69, 9.17) is 4.98 Å². The molecule has 2 heterocycles. The van der Waals surface area contributed by atoms with Crippen LogP contribution in [0.15, 0.2) is 73.1 Å². The van der Waals surface area contributed by atoms with Crippen LogP contribution in [0.5, 0.6) is 0 Å². The van der Waals surface area contributed by atoms with Crippen molar-refractivity contribution in [3.63, 3.8) is 0 Å². The van der Waals surface area contributed by atoms with Gasteiger partial charge in [-0.2, -0.15) is 0 Å². The fourth-order valence-electron chi connectivity index (χ4n) is 6.81. The van der Waals surface area contributed by atoms with Crippen molar-refractivity contribution in [1.29, 1.82) is 0 Å². The summed E-state index contributed by atoms with van der Waals surface area (Å²) < 4.78 is 16.6. The first-order valence-corrected chi connectivity index (χ1v) is 13.4. The molecule has 2 aliphatic carbocycles. The number of aromatic nitrogens is 3. The van der Waals surface area contributed by atoms with Crippen LogP contribution in [-0.2, 0) is 16.6 Å². The molecule has 0 saturated heterocycles. The molecule has 1 saturated carbocycles. The number of rotatable bonds is 5. The summed E-state index contributed by atoms with van der Waals surface area (Å²) in [6, 6.07) is 19.2. The quantitative estimate of drug-likeness (QED) is 0.292. The Bertz CT molecular complexity index is 1460. The number of Topliss-reactive ketones (excluding diaryl/α,β-unsaturated/α-hetero) is 1. The molecule has 0 amide bonds. The molecule has 0 aliphatic heterocycles. The third-order valence-corrected chi connectivity index (χ3v) is 8.61. The lowest BCUT2D eigenvalue weighted by molar-refractivity contribution is -0.130. The van der Waals surface area contributed by atoms with E-state index in [1.807, 2.05) is 18.2 Å². The summed E-state index contributed by atoms with van der Waals surface area (Å²) in [5.74, 6) is 1.39. The summed E-state index contributed by atoms with van der Waals surface area (Å²) in [4.78, 5) is 22.5. The van der Waals surface area contributed by atoms with Gasteiger partial charge in [0.05, 0.1) is 11.4 Å². The highest BCUT2D eigenvalue weighted by Gasteiger charge is 2.51. The highest BCUT2D eigenvalue weighted by molar-refractivity contribution is 5.83. The first kappa shape index (κ1) is 23.8. The number of hydrogen-bond acceptors (Lipinski definition) is 3. The molecule has 0 N–H and O–H groups in total. The average Bonchev–Trinajstić information content (AvgIpc) is 3.32. The van der Waals surface area contributed by atoms with Gasteiger partial charge in [0.1, 0.15) is 17.4 Å². The van der Waals surface area contributed by atoms with Gasteiger partial charge in [-0.05, 0) is 79.1 Å². The molecule has 37 heavy (non-hydrogen) atoms. The topological polar surface area (TPSA) is 47.8 Å². The highest BCUT2D eigenvalue weighted by Crippen LogP contribution is 2.53. The predicted octanol–water partition coefficient (Wildman–Crippen LogP) is 7.34. The number of imidazole rings is 1. The molecule has 2 aromatic carbocycles. The normalized spacial score (nSPS) is 22.9. The van der Waals surface area contributed by atoms with Crippen molar-refractivity contribution in [2.24, 2.45) is 11.8 Å². The molecular formula is C32H32FN3O. The largest absolute Gasteiger partial charge is 0.299 e. The van der Waals surface area contributed by atoms with E-state index in [1.165, 1.54) is 6.07 Å². The number of nitrogens with zero attached hydrogens (tertiary/aromatic N) is 3. The van der Waals surface area contributed by atoms with Crippen LogP contribution >= 0.6 is 0 Å². The molecular weight excluding hydrogens is 461 g/mol. The Morgan fingerprint density at radius 2 is 1.78 bits per heavy atom. The maximum absolute atomic E-state index is 14.5. The van der Waals surface area contributed by atoms with Crippen LogP contribution in [-0.4, -0.2) is 20.3 Å². The van der Waals surface area contributed by atoms with E-state index in [1.54, 1.807) is 24.5 Å². The molecule has 4 aromatic rings. The van der Waals surface area contributed by atoms with Gasteiger partial charge in [0, 0.05) is 41.4 Å². The van der Waals surface area contributed by atoms with Gasteiger partial charge in [0.15, 0.2) is 0 Å². The molecule has 0 unspecified atom stereocenters. The molecule has 1 fully saturated rings. The Kier molecular flexibility index (Phi) is 6.02. The fourth-order valence-corrected chi connectivity index (χ4v) is 6.81.